The van der Waals surface area contributed by atoms with E-state index in [1.807, 2.05) is 0 Å². The largest absolute Gasteiger partial charge is 0.505 e. The van der Waals surface area contributed by atoms with E-state index in [1.165, 1.54) is 13.8 Å². The number of aromatic hydroxyl groups is 1. The van der Waals surface area contributed by atoms with E-state index in [4.69, 9.17) is 5.73 Å². The van der Waals surface area contributed by atoms with Crippen LogP contribution in [0.15, 0.2) is 12.1 Å². The predicted octanol–water partition coefficient (Wildman–Crippen LogP) is 2.46. The smallest absolute Gasteiger partial charge is 0.379 e. The van der Waals surface area contributed by atoms with Gasteiger partial charge in [0.15, 0.2) is 11.6 Å². The number of hydrogen-bond donors (Lipinski definition) is 2. The molecule has 3 N–H and O–H groups in total. The number of phenols is 1. The molecule has 0 aliphatic heterocycles. The van der Waals surface area contributed by atoms with Gasteiger partial charge in [0, 0.05) is 5.56 Å². The summed E-state index contributed by atoms with van der Waals surface area (Å²) in [5.41, 5.74) is 5.01. The minimum absolute atomic E-state index is 0. The Morgan fingerprint density at radius 1 is 1.50 bits per heavy atom. The Labute approximate surface area is 120 Å². The molecule has 114 valence electrons. The van der Waals surface area contributed by atoms with E-state index in [1.54, 1.807) is 0 Å². The number of esters is 1. The highest BCUT2D eigenvalue weighted by molar-refractivity contribution is 5.85. The Balaban J connectivity index is 0.00000361. The molecule has 4 nitrogen and oxygen atoms in total. The molecule has 1 aromatic rings. The summed E-state index contributed by atoms with van der Waals surface area (Å²) in [5, 5.41) is 9.43. The third kappa shape index (κ3) is 3.55. The van der Waals surface area contributed by atoms with Gasteiger partial charge >= 0.3 is 11.9 Å². The molecule has 0 saturated heterocycles. The molecule has 0 saturated carbocycles. The lowest BCUT2D eigenvalue weighted by Gasteiger charge is -2.23. The molecule has 0 aliphatic carbocycles. The third-order valence-corrected chi connectivity index (χ3v) is 2.51. The number of nitrogens with two attached hydrogens (primary N) is 1. The van der Waals surface area contributed by atoms with Gasteiger partial charge in [-0.1, -0.05) is 6.07 Å². The van der Waals surface area contributed by atoms with Crippen LogP contribution >= 0.6 is 12.4 Å². The Morgan fingerprint density at radius 2 is 2.05 bits per heavy atom. The quantitative estimate of drug-likeness (QED) is 0.838. The second-order valence-electron chi connectivity index (χ2n) is 4.01. The Hall–Kier alpha value is -1.47. The Morgan fingerprint density at radius 3 is 2.55 bits per heavy atom. The van der Waals surface area contributed by atoms with Gasteiger partial charge in [-0.2, -0.15) is 8.78 Å². The summed E-state index contributed by atoms with van der Waals surface area (Å²) in [7, 11) is 0. The van der Waals surface area contributed by atoms with Crippen LogP contribution in [0.2, 0.25) is 0 Å². The van der Waals surface area contributed by atoms with E-state index < -0.39 is 35.1 Å². The number of halogens is 4. The van der Waals surface area contributed by atoms with Crippen molar-refractivity contribution in [2.75, 3.05) is 6.61 Å². The van der Waals surface area contributed by atoms with Crippen LogP contribution in [-0.2, 0) is 9.53 Å². The van der Waals surface area contributed by atoms with E-state index in [0.717, 1.165) is 12.1 Å². The zero-order valence-electron chi connectivity index (χ0n) is 10.8. The number of ether oxygens (including phenoxy) is 1. The lowest BCUT2D eigenvalue weighted by molar-refractivity contribution is -0.174. The number of carbonyl (C=O) groups is 1. The number of carbonyl (C=O) groups excluding carboxylic acids is 1. The lowest BCUT2D eigenvalue weighted by atomic mass is 9.98. The van der Waals surface area contributed by atoms with Crippen molar-refractivity contribution in [2.24, 2.45) is 5.73 Å². The van der Waals surface area contributed by atoms with E-state index in [-0.39, 0.29) is 19.0 Å². The highest BCUT2D eigenvalue weighted by atomic mass is 35.5. The van der Waals surface area contributed by atoms with Gasteiger partial charge in [0.25, 0.3) is 0 Å². The van der Waals surface area contributed by atoms with E-state index in [2.05, 4.69) is 4.74 Å². The van der Waals surface area contributed by atoms with Gasteiger partial charge in [0.05, 0.1) is 6.61 Å². The Kier molecular flexibility index (Phi) is 6.31. The van der Waals surface area contributed by atoms with E-state index in [0.29, 0.717) is 5.56 Å². The van der Waals surface area contributed by atoms with Crippen molar-refractivity contribution in [1.29, 1.82) is 0 Å². The highest BCUT2D eigenvalue weighted by Gasteiger charge is 2.48. The van der Waals surface area contributed by atoms with Crippen molar-refractivity contribution in [3.05, 3.63) is 29.1 Å². The summed E-state index contributed by atoms with van der Waals surface area (Å²) in [5.74, 6) is -7.95. The van der Waals surface area contributed by atoms with Crippen LogP contribution in [0.1, 0.15) is 24.1 Å². The summed E-state index contributed by atoms with van der Waals surface area (Å²) in [6.45, 7) is 2.57. The van der Waals surface area contributed by atoms with Crippen molar-refractivity contribution < 1.29 is 27.8 Å². The zero-order chi connectivity index (χ0) is 14.8. The molecule has 0 radical (unpaired) electrons. The maximum absolute atomic E-state index is 13.7. The minimum Gasteiger partial charge on any atom is -0.505 e. The molecule has 1 rings (SSSR count). The summed E-state index contributed by atoms with van der Waals surface area (Å²) in [6, 6.07) is -0.134. The molecule has 0 heterocycles. The molecular weight excluding hydrogens is 299 g/mol. The molecule has 8 heteroatoms. The first-order chi connectivity index (χ1) is 8.71. The van der Waals surface area contributed by atoms with Gasteiger partial charge in [-0.3, -0.25) is 0 Å². The highest BCUT2D eigenvalue weighted by Crippen LogP contribution is 2.36. The third-order valence-electron chi connectivity index (χ3n) is 2.51. The maximum atomic E-state index is 13.7. The van der Waals surface area contributed by atoms with E-state index >= 15 is 0 Å². The monoisotopic (exact) mass is 313 g/mol. The van der Waals surface area contributed by atoms with E-state index in [9.17, 15) is 23.1 Å². The van der Waals surface area contributed by atoms with Crippen molar-refractivity contribution in [3.8, 4) is 5.75 Å². The molecule has 0 spiro atoms. The molecule has 0 aliphatic rings. The lowest BCUT2D eigenvalue weighted by Crippen LogP contribution is -2.41. The summed E-state index contributed by atoms with van der Waals surface area (Å²) >= 11 is 0. The predicted molar refractivity (Wildman–Crippen MR) is 68.6 cm³/mol. The normalized spacial score (nSPS) is 12.5. The van der Waals surface area contributed by atoms with Crippen molar-refractivity contribution in [3.63, 3.8) is 0 Å². The van der Waals surface area contributed by atoms with Crippen LogP contribution < -0.4 is 5.73 Å². The molecule has 20 heavy (non-hydrogen) atoms. The van der Waals surface area contributed by atoms with Gasteiger partial charge in [-0.05, 0) is 25.5 Å². The van der Waals surface area contributed by atoms with Gasteiger partial charge in [-0.15, -0.1) is 12.4 Å². The first-order valence-electron chi connectivity index (χ1n) is 5.51. The standard InChI is InChI=1S/C12H14F3NO3.ClH/c1-3-19-11(18)12(14,15)10(16)7-4-6(2)5-8(13)9(7)17;/h4-5,10,17H,3,16H2,1-2H3;1H/t10-;/m0./s1. The van der Waals surface area contributed by atoms with Gasteiger partial charge in [0.1, 0.15) is 6.04 Å². The van der Waals surface area contributed by atoms with Crippen LogP contribution in [0.3, 0.4) is 0 Å². The number of rotatable bonds is 4. The second kappa shape index (κ2) is 6.81. The Bertz CT molecular complexity index is 497. The maximum Gasteiger partial charge on any atom is 0.379 e. The number of alkyl halides is 2. The van der Waals surface area contributed by atoms with Gasteiger partial charge < -0.3 is 15.6 Å². The average molecular weight is 314 g/mol. The first-order valence-corrected chi connectivity index (χ1v) is 5.51. The number of aryl methyl sites for hydroxylation is 1. The van der Waals surface area contributed by atoms with Gasteiger partial charge in [0.2, 0.25) is 0 Å². The minimum atomic E-state index is -4.06. The molecule has 0 amide bonds. The summed E-state index contributed by atoms with van der Waals surface area (Å²) < 4.78 is 44.9. The molecule has 1 atom stereocenters. The number of benzene rings is 1. The fourth-order valence-corrected chi connectivity index (χ4v) is 1.55. The number of hydrogen-bond acceptors (Lipinski definition) is 4. The molecule has 0 bridgehead atoms. The molecule has 1 aromatic carbocycles. The second-order valence-corrected chi connectivity index (χ2v) is 4.01. The average Bonchev–Trinajstić information content (AvgIpc) is 2.33. The van der Waals surface area contributed by atoms with Crippen LogP contribution in [0.25, 0.3) is 0 Å². The molecule has 0 unspecified atom stereocenters. The zero-order valence-corrected chi connectivity index (χ0v) is 11.6. The molecule has 0 fully saturated rings. The van der Waals surface area contributed by atoms with Crippen LogP contribution in [0.4, 0.5) is 13.2 Å². The van der Waals surface area contributed by atoms with Crippen LogP contribution in [0, 0.1) is 12.7 Å². The van der Waals surface area contributed by atoms with Gasteiger partial charge in [-0.25, -0.2) is 9.18 Å². The van der Waals surface area contributed by atoms with Crippen molar-refractivity contribution >= 4 is 18.4 Å². The fraction of sp³-hybridized carbons (Fsp3) is 0.417. The van der Waals surface area contributed by atoms with Crippen LogP contribution in [0.5, 0.6) is 5.75 Å². The SMILES string of the molecule is CCOC(=O)C(F)(F)[C@@H](N)c1cc(C)cc(F)c1O.Cl. The molecular formula is C12H15ClF3NO3. The first kappa shape index (κ1) is 18.5. The topological polar surface area (TPSA) is 72.5 Å². The van der Waals surface area contributed by atoms with Crippen molar-refractivity contribution in [1.82, 2.24) is 0 Å². The summed E-state index contributed by atoms with van der Waals surface area (Å²) in [6.07, 6.45) is 0. The van der Waals surface area contributed by atoms with Crippen LogP contribution in [-0.4, -0.2) is 23.6 Å². The number of phenolic OH excluding ortho intramolecular Hbond substituents is 1. The fourth-order valence-electron chi connectivity index (χ4n) is 1.55. The van der Waals surface area contributed by atoms with Crippen molar-refractivity contribution in [2.45, 2.75) is 25.8 Å². The summed E-state index contributed by atoms with van der Waals surface area (Å²) in [4.78, 5) is 11.1. The molecule has 0 aromatic heterocycles.